The lowest BCUT2D eigenvalue weighted by atomic mass is 10.3. The van der Waals surface area contributed by atoms with Gasteiger partial charge < -0.3 is 14.2 Å². The number of nitrogens with zero attached hydrogens (tertiary/aromatic N) is 2. The van der Waals surface area contributed by atoms with Crippen LogP contribution in [0.15, 0.2) is 58.3 Å². The van der Waals surface area contributed by atoms with E-state index in [4.69, 9.17) is 14.2 Å². The third-order valence-electron chi connectivity index (χ3n) is 4.83. The van der Waals surface area contributed by atoms with E-state index in [1.54, 1.807) is 0 Å². The summed E-state index contributed by atoms with van der Waals surface area (Å²) in [5.74, 6) is -0.103. The van der Waals surface area contributed by atoms with Crippen LogP contribution in [0.2, 0.25) is 0 Å². The summed E-state index contributed by atoms with van der Waals surface area (Å²) in [5, 5.41) is 0. The molecule has 1 heterocycles. The van der Waals surface area contributed by atoms with Crippen LogP contribution in [0.1, 0.15) is 0 Å². The molecule has 0 saturated carbocycles. The first-order chi connectivity index (χ1) is 14.7. The van der Waals surface area contributed by atoms with Crippen LogP contribution in [0.4, 0.5) is 0 Å². The Labute approximate surface area is 181 Å². The number of esters is 1. The molecule has 1 aliphatic heterocycles. The second kappa shape index (κ2) is 8.83. The quantitative estimate of drug-likeness (QED) is 0.548. The molecule has 12 heteroatoms. The highest BCUT2D eigenvalue weighted by Crippen LogP contribution is 2.31. The number of hydrogen-bond donors (Lipinski definition) is 0. The van der Waals surface area contributed by atoms with Gasteiger partial charge in [-0.05, 0) is 48.5 Å². The average molecular weight is 471 g/mol. The molecule has 0 unspecified atom stereocenters. The summed E-state index contributed by atoms with van der Waals surface area (Å²) in [7, 11) is -4.45. The molecule has 0 aliphatic carbocycles. The molecule has 1 aliphatic rings. The Balaban J connectivity index is 2.01. The predicted molar refractivity (Wildman–Crippen MR) is 110 cm³/mol. The summed E-state index contributed by atoms with van der Waals surface area (Å²) < 4.78 is 69.2. The number of sulfonamides is 2. The van der Waals surface area contributed by atoms with Gasteiger partial charge in [-0.25, -0.2) is 21.6 Å². The lowest BCUT2D eigenvalue weighted by Gasteiger charge is -2.27. The molecule has 1 saturated heterocycles. The monoisotopic (exact) mass is 470 g/mol. The van der Waals surface area contributed by atoms with Crippen molar-refractivity contribution in [1.29, 1.82) is 0 Å². The molecule has 0 amide bonds. The molecule has 0 radical (unpaired) electrons. The summed E-state index contributed by atoms with van der Waals surface area (Å²) in [6.07, 6.45) is -1.68. The van der Waals surface area contributed by atoms with Gasteiger partial charge in [0.25, 0.3) is 0 Å². The summed E-state index contributed by atoms with van der Waals surface area (Å²) in [6.45, 7) is -0.437. The van der Waals surface area contributed by atoms with Crippen molar-refractivity contribution in [2.75, 3.05) is 34.4 Å². The Morgan fingerprint density at radius 3 is 1.39 bits per heavy atom. The van der Waals surface area contributed by atoms with Gasteiger partial charge in [-0.3, -0.25) is 0 Å². The van der Waals surface area contributed by atoms with Crippen molar-refractivity contribution in [2.45, 2.75) is 16.0 Å². The third-order valence-corrected chi connectivity index (χ3v) is 8.57. The van der Waals surface area contributed by atoms with E-state index in [2.05, 4.69) is 0 Å². The maximum Gasteiger partial charge on any atom is 0.340 e. The Morgan fingerprint density at radius 1 is 0.742 bits per heavy atom. The molecule has 3 rings (SSSR count). The number of hydrogen-bond acceptors (Lipinski definition) is 8. The van der Waals surface area contributed by atoms with E-state index in [0.29, 0.717) is 11.5 Å². The number of rotatable bonds is 7. The Hall–Kier alpha value is -2.67. The number of carbonyl (C=O) groups is 1. The lowest BCUT2D eigenvalue weighted by Crippen LogP contribution is -2.49. The fraction of sp³-hybridized carbons (Fsp3) is 0.316. The van der Waals surface area contributed by atoms with Crippen molar-refractivity contribution in [1.82, 2.24) is 8.61 Å². The molecule has 2 aromatic carbocycles. The molecule has 0 spiro atoms. The molecule has 31 heavy (non-hydrogen) atoms. The van der Waals surface area contributed by atoms with Crippen LogP contribution in [0.5, 0.6) is 11.5 Å². The van der Waals surface area contributed by atoms with Gasteiger partial charge in [0.05, 0.1) is 31.1 Å². The van der Waals surface area contributed by atoms with Gasteiger partial charge in [0.15, 0.2) is 6.17 Å². The van der Waals surface area contributed by atoms with Crippen LogP contribution >= 0.6 is 0 Å². The van der Waals surface area contributed by atoms with Gasteiger partial charge in [-0.2, -0.15) is 8.61 Å². The molecule has 0 atom stereocenters. The minimum absolute atomic E-state index is 0.106. The number of ether oxygens (including phenoxy) is 3. The zero-order valence-corrected chi connectivity index (χ0v) is 18.7. The number of benzene rings is 2. The maximum atomic E-state index is 13.2. The first-order valence-corrected chi connectivity index (χ1v) is 11.9. The topological polar surface area (TPSA) is 120 Å². The van der Waals surface area contributed by atoms with Gasteiger partial charge in [0.2, 0.25) is 20.0 Å². The number of methoxy groups -OCH3 is 3. The van der Waals surface area contributed by atoms with Crippen molar-refractivity contribution < 1.29 is 35.8 Å². The van der Waals surface area contributed by atoms with E-state index in [1.165, 1.54) is 62.8 Å². The second-order valence-corrected chi connectivity index (χ2v) is 10.3. The van der Waals surface area contributed by atoms with Gasteiger partial charge in [-0.1, -0.05) is 0 Å². The zero-order valence-electron chi connectivity index (χ0n) is 17.1. The van der Waals surface area contributed by atoms with E-state index in [-0.39, 0.29) is 22.9 Å². The predicted octanol–water partition coefficient (Wildman–Crippen LogP) is 0.898. The van der Waals surface area contributed by atoms with Crippen molar-refractivity contribution in [3.8, 4) is 11.5 Å². The minimum atomic E-state index is -4.20. The summed E-state index contributed by atoms with van der Waals surface area (Å²) in [6, 6.07) is 11.1. The van der Waals surface area contributed by atoms with Crippen molar-refractivity contribution in [3.63, 3.8) is 0 Å². The van der Waals surface area contributed by atoms with Gasteiger partial charge in [0, 0.05) is 13.1 Å². The first-order valence-electron chi connectivity index (χ1n) is 9.06. The molecule has 168 valence electrons. The third kappa shape index (κ3) is 4.24. The lowest BCUT2D eigenvalue weighted by molar-refractivity contribution is -0.147. The highest BCUT2D eigenvalue weighted by Gasteiger charge is 2.50. The molecule has 0 N–H and O–H groups in total. The normalized spacial score (nSPS) is 16.2. The summed E-state index contributed by atoms with van der Waals surface area (Å²) >= 11 is 0. The van der Waals surface area contributed by atoms with Gasteiger partial charge in [-0.15, -0.1) is 0 Å². The van der Waals surface area contributed by atoms with Crippen molar-refractivity contribution in [3.05, 3.63) is 48.5 Å². The smallest absolute Gasteiger partial charge is 0.340 e. The fourth-order valence-corrected chi connectivity index (χ4v) is 6.33. The zero-order chi connectivity index (χ0) is 22.8. The summed E-state index contributed by atoms with van der Waals surface area (Å²) in [5.41, 5.74) is 0. The fourth-order valence-electron chi connectivity index (χ4n) is 3.20. The highest BCUT2D eigenvalue weighted by molar-refractivity contribution is 7.90. The maximum absolute atomic E-state index is 13.2. The van der Waals surface area contributed by atoms with Crippen LogP contribution in [0.25, 0.3) is 0 Å². The van der Waals surface area contributed by atoms with Crippen LogP contribution in [-0.2, 0) is 29.6 Å². The van der Waals surface area contributed by atoms with Crippen LogP contribution in [-0.4, -0.2) is 72.0 Å². The standard InChI is InChI=1S/C19H22N2O8S2/c1-27-14-4-8-16(9-5-14)30(23,24)20-12-13-21(18(20)19(22)29-3)31(25,26)17-10-6-15(28-2)7-11-17/h4-11,18H,12-13H2,1-3H3. The highest BCUT2D eigenvalue weighted by atomic mass is 32.2. The molecule has 0 aromatic heterocycles. The van der Waals surface area contributed by atoms with E-state index < -0.39 is 32.2 Å². The SMILES string of the molecule is COC(=O)C1N(S(=O)(=O)c2ccc(OC)cc2)CCN1S(=O)(=O)c1ccc(OC)cc1. The molecular weight excluding hydrogens is 448 g/mol. The molecule has 1 fully saturated rings. The van der Waals surface area contributed by atoms with E-state index in [0.717, 1.165) is 15.7 Å². The van der Waals surface area contributed by atoms with Crippen LogP contribution in [0, 0.1) is 0 Å². The first kappa shape index (κ1) is 23.0. The number of carbonyl (C=O) groups excluding carboxylic acids is 1. The van der Waals surface area contributed by atoms with Crippen molar-refractivity contribution in [2.24, 2.45) is 0 Å². The average Bonchev–Trinajstić information content (AvgIpc) is 3.25. The second-order valence-electron chi connectivity index (χ2n) is 6.48. The van der Waals surface area contributed by atoms with Gasteiger partial charge >= 0.3 is 5.97 Å². The van der Waals surface area contributed by atoms with Gasteiger partial charge in [0.1, 0.15) is 11.5 Å². The Morgan fingerprint density at radius 2 is 1.10 bits per heavy atom. The van der Waals surface area contributed by atoms with Crippen LogP contribution < -0.4 is 9.47 Å². The molecule has 2 aromatic rings. The molecular formula is C19H22N2O8S2. The minimum Gasteiger partial charge on any atom is -0.497 e. The van der Waals surface area contributed by atoms with E-state index >= 15 is 0 Å². The Bertz CT molecular complexity index is 1060. The van der Waals surface area contributed by atoms with E-state index in [9.17, 15) is 21.6 Å². The van der Waals surface area contributed by atoms with E-state index in [1.807, 2.05) is 0 Å². The molecule has 0 bridgehead atoms. The van der Waals surface area contributed by atoms with Crippen LogP contribution in [0.3, 0.4) is 0 Å². The summed E-state index contributed by atoms with van der Waals surface area (Å²) in [4.78, 5) is 12.3. The largest absolute Gasteiger partial charge is 0.497 e. The van der Waals surface area contributed by atoms with Crippen molar-refractivity contribution >= 4 is 26.0 Å². The molecule has 10 nitrogen and oxygen atoms in total. The Kier molecular flexibility index (Phi) is 6.55.